The topological polar surface area (TPSA) is 44.8 Å². The fourth-order valence-corrected chi connectivity index (χ4v) is 1.92. The normalized spacial score (nSPS) is 33.7. The Morgan fingerprint density at radius 3 is 2.67 bits per heavy atom. The Labute approximate surface area is 119 Å². The zero-order valence-electron chi connectivity index (χ0n) is 11.3. The van der Waals surface area contributed by atoms with Gasteiger partial charge >= 0.3 is 6.11 Å². The van der Waals surface area contributed by atoms with Gasteiger partial charge in [0.25, 0.3) is 5.79 Å². The van der Waals surface area contributed by atoms with Gasteiger partial charge in [-0.1, -0.05) is 12.2 Å². The molecule has 1 fully saturated rings. The summed E-state index contributed by atoms with van der Waals surface area (Å²) in [6.45, 7) is 2.03. The second-order valence-corrected chi connectivity index (χ2v) is 4.59. The Hall–Kier alpha value is -1.60. The number of carbonyl (C=O) groups is 1. The van der Waals surface area contributed by atoms with E-state index in [2.05, 4.69) is 4.74 Å². The van der Waals surface area contributed by atoms with Crippen molar-refractivity contribution in [3.8, 4) is 0 Å². The molecule has 0 aromatic heterocycles. The number of halogens is 3. The van der Waals surface area contributed by atoms with E-state index in [0.29, 0.717) is 6.42 Å². The van der Waals surface area contributed by atoms with E-state index < -0.39 is 30.0 Å². The summed E-state index contributed by atoms with van der Waals surface area (Å²) in [7, 11) is 0. The quantitative estimate of drug-likeness (QED) is 0.412. The smallest absolute Gasteiger partial charge is 0.373 e. The molecule has 2 rings (SSSR count). The van der Waals surface area contributed by atoms with E-state index in [1.807, 2.05) is 6.92 Å². The molecule has 0 bridgehead atoms. The third-order valence-corrected chi connectivity index (χ3v) is 3.05. The number of ether oxygens (including phenoxy) is 3. The van der Waals surface area contributed by atoms with Crippen LogP contribution in [0.2, 0.25) is 0 Å². The van der Waals surface area contributed by atoms with Crippen molar-refractivity contribution < 1.29 is 32.2 Å². The van der Waals surface area contributed by atoms with E-state index in [1.54, 1.807) is 18.2 Å². The zero-order chi connectivity index (χ0) is 15.5. The molecule has 0 aromatic carbocycles. The molecule has 0 saturated carbocycles. The molecule has 0 aromatic rings. The Balaban J connectivity index is 1.74. The highest BCUT2D eigenvalue weighted by molar-refractivity contribution is 5.93. The van der Waals surface area contributed by atoms with Crippen LogP contribution in [-0.4, -0.2) is 30.6 Å². The highest BCUT2D eigenvalue weighted by Crippen LogP contribution is 2.43. The van der Waals surface area contributed by atoms with Crippen LogP contribution in [0, 0.1) is 5.92 Å². The van der Waals surface area contributed by atoms with Crippen LogP contribution in [0.3, 0.4) is 0 Å². The van der Waals surface area contributed by atoms with E-state index in [0.717, 1.165) is 6.08 Å². The molecule has 21 heavy (non-hydrogen) atoms. The Kier molecular flexibility index (Phi) is 4.53. The molecule has 1 saturated heterocycles. The lowest BCUT2D eigenvalue weighted by Crippen LogP contribution is -2.55. The molecule has 2 aliphatic rings. The maximum atomic E-state index is 12.8. The second kappa shape index (κ2) is 6.03. The predicted molar refractivity (Wildman–Crippen MR) is 66.9 cm³/mol. The van der Waals surface area contributed by atoms with Crippen LogP contribution in [0.4, 0.5) is 13.2 Å². The average Bonchev–Trinajstić information content (AvgIpc) is 2.33. The van der Waals surface area contributed by atoms with Gasteiger partial charge in [0.15, 0.2) is 11.7 Å². The summed E-state index contributed by atoms with van der Waals surface area (Å²) in [4.78, 5) is 11.4. The lowest BCUT2D eigenvalue weighted by molar-refractivity contribution is -0.410. The van der Waals surface area contributed by atoms with Crippen LogP contribution < -0.4 is 0 Å². The first-order chi connectivity index (χ1) is 9.90. The number of hydrogen-bond donors (Lipinski definition) is 0. The molecule has 0 spiro atoms. The Morgan fingerprint density at radius 1 is 1.48 bits per heavy atom. The first-order valence-electron chi connectivity index (χ1n) is 6.44. The number of hydrogen-bond acceptors (Lipinski definition) is 4. The van der Waals surface area contributed by atoms with Crippen molar-refractivity contribution in [2.75, 3.05) is 6.61 Å². The van der Waals surface area contributed by atoms with Gasteiger partial charge in [0.2, 0.25) is 6.36 Å². The van der Waals surface area contributed by atoms with Crippen molar-refractivity contribution in [1.29, 1.82) is 0 Å². The summed E-state index contributed by atoms with van der Waals surface area (Å²) in [5.41, 5.74) is 0. The van der Waals surface area contributed by atoms with E-state index in [4.69, 9.17) is 9.47 Å². The maximum Gasteiger partial charge on any atom is 0.373 e. The summed E-state index contributed by atoms with van der Waals surface area (Å²) >= 11 is 0. The summed E-state index contributed by atoms with van der Waals surface area (Å²) in [6.07, 6.45) is 3.29. The summed E-state index contributed by atoms with van der Waals surface area (Å²) in [5, 5.41) is 0. The van der Waals surface area contributed by atoms with Crippen molar-refractivity contribution in [3.05, 3.63) is 36.6 Å². The lowest BCUT2D eigenvalue weighted by Gasteiger charge is -2.37. The SMILES string of the molecule is CC=CC1(OCCC=CC(=O)C2C(F)OC2(F)F)C=CO1. The molecule has 3 atom stereocenters. The minimum atomic E-state index is -3.72. The first-order valence-corrected chi connectivity index (χ1v) is 6.44. The molecule has 4 nitrogen and oxygen atoms in total. The summed E-state index contributed by atoms with van der Waals surface area (Å²) in [5.74, 6) is -3.94. The number of rotatable bonds is 7. The standard InChI is InChI=1S/C14H15F3O4/c1-2-6-13(7-9-20-13)19-8-4-3-5-10(18)11-12(15)21-14(11,16)17/h2-3,5-7,9,11-12H,4,8H2,1H3. The third-order valence-electron chi connectivity index (χ3n) is 3.05. The van der Waals surface area contributed by atoms with Gasteiger partial charge in [0, 0.05) is 6.08 Å². The third kappa shape index (κ3) is 3.36. The highest BCUT2D eigenvalue weighted by Gasteiger charge is 2.62. The van der Waals surface area contributed by atoms with Gasteiger partial charge < -0.3 is 9.47 Å². The van der Waals surface area contributed by atoms with Crippen LogP contribution in [0.15, 0.2) is 36.6 Å². The fourth-order valence-electron chi connectivity index (χ4n) is 1.92. The van der Waals surface area contributed by atoms with Gasteiger partial charge in [-0.05, 0) is 25.5 Å². The molecule has 3 unspecified atom stereocenters. The van der Waals surface area contributed by atoms with Crippen molar-refractivity contribution in [1.82, 2.24) is 0 Å². The van der Waals surface area contributed by atoms with Crippen molar-refractivity contribution >= 4 is 5.78 Å². The molecular formula is C14H15F3O4. The first kappa shape index (κ1) is 15.8. The molecule has 0 N–H and O–H groups in total. The molecular weight excluding hydrogens is 289 g/mol. The van der Waals surface area contributed by atoms with Gasteiger partial charge in [-0.15, -0.1) is 0 Å². The molecule has 0 amide bonds. The van der Waals surface area contributed by atoms with Gasteiger partial charge in [0.1, 0.15) is 0 Å². The van der Waals surface area contributed by atoms with Gasteiger partial charge in [-0.25, -0.2) is 4.39 Å². The number of alkyl halides is 3. The number of ketones is 1. The fraction of sp³-hybridized carbons (Fsp3) is 0.500. The molecule has 0 aliphatic carbocycles. The van der Waals surface area contributed by atoms with Crippen LogP contribution in [0.5, 0.6) is 0 Å². The Bertz CT molecular complexity index is 487. The molecule has 2 heterocycles. The van der Waals surface area contributed by atoms with Crippen molar-refractivity contribution in [2.24, 2.45) is 5.92 Å². The maximum absolute atomic E-state index is 12.8. The summed E-state index contributed by atoms with van der Waals surface area (Å²) < 4.78 is 52.5. The highest BCUT2D eigenvalue weighted by atomic mass is 19.3. The van der Waals surface area contributed by atoms with E-state index in [9.17, 15) is 18.0 Å². The van der Waals surface area contributed by atoms with Crippen LogP contribution in [0.25, 0.3) is 0 Å². The van der Waals surface area contributed by atoms with Crippen LogP contribution >= 0.6 is 0 Å². The molecule has 116 valence electrons. The molecule has 2 aliphatic heterocycles. The number of carbonyl (C=O) groups excluding carboxylic acids is 1. The average molecular weight is 304 g/mol. The van der Waals surface area contributed by atoms with Crippen molar-refractivity contribution in [2.45, 2.75) is 31.6 Å². The van der Waals surface area contributed by atoms with Crippen molar-refractivity contribution in [3.63, 3.8) is 0 Å². The van der Waals surface area contributed by atoms with Gasteiger partial charge in [-0.2, -0.15) is 8.78 Å². The summed E-state index contributed by atoms with van der Waals surface area (Å²) in [6, 6.07) is 0. The second-order valence-electron chi connectivity index (χ2n) is 4.59. The molecule has 0 radical (unpaired) electrons. The predicted octanol–water partition coefficient (Wildman–Crippen LogP) is 2.87. The van der Waals surface area contributed by atoms with Gasteiger partial charge in [0.05, 0.1) is 12.9 Å². The van der Waals surface area contributed by atoms with E-state index >= 15 is 0 Å². The minimum Gasteiger partial charge on any atom is -0.462 e. The monoisotopic (exact) mass is 304 g/mol. The minimum absolute atomic E-state index is 0.217. The largest absolute Gasteiger partial charge is 0.462 e. The van der Waals surface area contributed by atoms with Gasteiger partial charge in [-0.3, -0.25) is 9.53 Å². The lowest BCUT2D eigenvalue weighted by atomic mass is 9.97. The van der Waals surface area contributed by atoms with E-state index in [1.165, 1.54) is 12.3 Å². The molecule has 7 heteroatoms. The zero-order valence-corrected chi connectivity index (χ0v) is 11.3. The van der Waals surface area contributed by atoms with Crippen LogP contribution in [-0.2, 0) is 19.0 Å². The Morgan fingerprint density at radius 2 is 2.19 bits per heavy atom. The van der Waals surface area contributed by atoms with Crippen LogP contribution in [0.1, 0.15) is 13.3 Å². The van der Waals surface area contributed by atoms with E-state index in [-0.39, 0.29) is 6.61 Å². The number of allylic oxidation sites excluding steroid dienone is 2.